The summed E-state index contributed by atoms with van der Waals surface area (Å²) in [5, 5.41) is 8.31. The van der Waals surface area contributed by atoms with Gasteiger partial charge < -0.3 is 0 Å². The molecule has 0 aliphatic heterocycles. The predicted octanol–water partition coefficient (Wildman–Crippen LogP) is 6.79. The highest BCUT2D eigenvalue weighted by molar-refractivity contribution is 7.80. The summed E-state index contributed by atoms with van der Waals surface area (Å²) < 4.78 is 0. The van der Waals surface area contributed by atoms with E-state index in [1.54, 1.807) is 0 Å². The maximum absolute atomic E-state index is 2.33. The van der Waals surface area contributed by atoms with Crippen molar-refractivity contribution >= 4 is 47.7 Å². The van der Waals surface area contributed by atoms with Gasteiger partial charge in [0.1, 0.15) is 0 Å². The fourth-order valence-electron chi connectivity index (χ4n) is 4.96. The zero-order chi connectivity index (χ0) is 26.3. The largest absolute Gasteiger partial charge is 0.0622 e. The Labute approximate surface area is 234 Å². The van der Waals surface area contributed by atoms with Gasteiger partial charge in [-0.2, -0.15) is 0 Å². The molecule has 0 saturated carbocycles. The van der Waals surface area contributed by atoms with Crippen LogP contribution in [0.5, 0.6) is 0 Å². The summed E-state index contributed by atoms with van der Waals surface area (Å²) in [7, 11) is -1.14. The summed E-state index contributed by atoms with van der Waals surface area (Å²) in [4.78, 5) is 0. The van der Waals surface area contributed by atoms with E-state index in [2.05, 4.69) is 170 Å². The molecule has 0 amide bonds. The zero-order valence-electron chi connectivity index (χ0n) is 21.8. The molecule has 0 N–H and O–H groups in total. The molecule has 0 nitrogen and oxygen atoms in total. The van der Waals surface area contributed by atoms with Crippen molar-refractivity contribution in [2.24, 2.45) is 0 Å². The van der Waals surface area contributed by atoms with Crippen molar-refractivity contribution in [1.29, 1.82) is 0 Å². The van der Waals surface area contributed by atoms with Crippen molar-refractivity contribution < 1.29 is 0 Å². The molecule has 0 radical (unpaired) electrons. The minimum absolute atomic E-state index is 0.572. The van der Waals surface area contributed by atoms with E-state index in [0.29, 0.717) is 0 Å². The second kappa shape index (κ2) is 12.4. The smallest absolute Gasteiger partial charge is 0.00258 e. The highest BCUT2D eigenvalue weighted by Crippen LogP contribution is 2.34. The molecule has 0 saturated heterocycles. The van der Waals surface area contributed by atoms with Gasteiger partial charge in [0.25, 0.3) is 0 Å². The number of benzene rings is 6. The van der Waals surface area contributed by atoms with Crippen LogP contribution in [0.25, 0.3) is 0 Å². The van der Waals surface area contributed by atoms with Crippen molar-refractivity contribution in [2.45, 2.75) is 6.42 Å². The second-order valence-corrected chi connectivity index (χ2v) is 14.0. The quantitative estimate of drug-likeness (QED) is 0.188. The highest BCUT2D eigenvalue weighted by atomic mass is 31.1. The van der Waals surface area contributed by atoms with Crippen LogP contribution in [0.1, 0.15) is 11.1 Å². The van der Waals surface area contributed by atoms with Gasteiger partial charge >= 0.3 is 0 Å². The molecule has 39 heavy (non-hydrogen) atoms. The van der Waals surface area contributed by atoms with Gasteiger partial charge in [0.2, 0.25) is 0 Å². The predicted molar refractivity (Wildman–Crippen MR) is 173 cm³/mol. The fraction of sp³-hybridized carbons (Fsp3) is 0.0270. The second-order valence-electron chi connectivity index (χ2n) is 9.52. The normalized spacial score (nSPS) is 11.1. The van der Waals surface area contributed by atoms with Gasteiger partial charge in [0, 0.05) is 0 Å². The van der Waals surface area contributed by atoms with Gasteiger partial charge in [-0.15, -0.1) is 0 Å². The zero-order valence-corrected chi connectivity index (χ0v) is 23.6. The molecule has 0 unspecified atom stereocenters. The molecule has 188 valence electrons. The Balaban J connectivity index is 1.24. The minimum Gasteiger partial charge on any atom is -0.0622 e. The highest BCUT2D eigenvalue weighted by Gasteiger charge is 2.17. The maximum atomic E-state index is 2.33. The van der Waals surface area contributed by atoms with Crippen molar-refractivity contribution in [2.75, 3.05) is 0 Å². The molecular weight excluding hydrogens is 506 g/mol. The average Bonchev–Trinajstić information content (AvgIpc) is 3.01. The first-order valence-corrected chi connectivity index (χ1v) is 16.0. The molecule has 0 aliphatic carbocycles. The number of hydrogen-bond acceptors (Lipinski definition) is 0. The molecule has 0 spiro atoms. The van der Waals surface area contributed by atoms with E-state index in [9.17, 15) is 0 Å². The molecule has 0 atom stereocenters. The molecule has 0 fully saturated rings. The summed E-state index contributed by atoms with van der Waals surface area (Å²) in [6, 6.07) is 62.2. The van der Waals surface area contributed by atoms with Gasteiger partial charge in [-0.25, -0.2) is 0 Å². The van der Waals surface area contributed by atoms with E-state index in [-0.39, 0.29) is 0 Å². The summed E-state index contributed by atoms with van der Waals surface area (Å²) in [6.45, 7) is 0. The van der Waals surface area contributed by atoms with Crippen molar-refractivity contribution in [3.05, 3.63) is 181 Å². The van der Waals surface area contributed by atoms with Crippen LogP contribution in [0.4, 0.5) is 0 Å². The third kappa shape index (κ3) is 6.10. The Bertz CT molecular complexity index is 1380. The van der Waals surface area contributed by atoms with Crippen LogP contribution < -0.4 is 31.8 Å². The Morgan fingerprint density at radius 1 is 0.256 bits per heavy atom. The molecule has 6 aromatic carbocycles. The Morgan fingerprint density at radius 2 is 0.487 bits per heavy atom. The first-order valence-electron chi connectivity index (χ1n) is 13.3. The van der Waals surface area contributed by atoms with Crippen LogP contribution in [0.2, 0.25) is 0 Å². The van der Waals surface area contributed by atoms with Crippen LogP contribution in [-0.4, -0.2) is 0 Å². The van der Waals surface area contributed by atoms with Crippen molar-refractivity contribution in [1.82, 2.24) is 0 Å². The molecule has 2 heteroatoms. The van der Waals surface area contributed by atoms with E-state index in [4.69, 9.17) is 0 Å². The first kappa shape index (κ1) is 25.5. The maximum Gasteiger partial charge on any atom is -0.00258 e. The standard InChI is InChI=1S/C37H30P2/c1-5-13-32(14-6-1)38(33-15-7-2-8-16-33)36-25-21-30(22-26-36)29-31-23-27-37(28-24-31)39(34-17-9-3-10-18-34)35-19-11-4-12-20-35/h1-28H,29H2. The van der Waals surface area contributed by atoms with Crippen LogP contribution in [0.3, 0.4) is 0 Å². The van der Waals surface area contributed by atoms with Gasteiger partial charge in [0.05, 0.1) is 0 Å². The molecule has 0 heterocycles. The summed E-state index contributed by atoms with van der Waals surface area (Å²) in [5.74, 6) is 0. The van der Waals surface area contributed by atoms with E-state index >= 15 is 0 Å². The SMILES string of the molecule is c1ccc(P(c2ccccc2)c2ccc(Cc3ccc(P(c4ccccc4)c4ccccc4)cc3)cc2)cc1. The lowest BCUT2D eigenvalue weighted by atomic mass is 10.1. The third-order valence-corrected chi connectivity index (χ3v) is 11.7. The van der Waals surface area contributed by atoms with Gasteiger partial charge in [-0.1, -0.05) is 170 Å². The summed E-state index contributed by atoms with van der Waals surface area (Å²) in [6.07, 6.45) is 0.934. The Hall–Kier alpha value is -3.82. The van der Waals surface area contributed by atoms with Crippen LogP contribution in [0.15, 0.2) is 170 Å². The van der Waals surface area contributed by atoms with E-state index in [1.165, 1.54) is 43.0 Å². The molecular formula is C37H30P2. The summed E-state index contributed by atoms with van der Waals surface area (Å²) in [5.41, 5.74) is 2.69. The first-order chi connectivity index (χ1) is 19.3. The molecule has 6 aromatic rings. The lowest BCUT2D eigenvalue weighted by molar-refractivity contribution is 1.20. The van der Waals surface area contributed by atoms with Gasteiger partial charge in [-0.05, 0) is 65.2 Å². The Kier molecular flexibility index (Phi) is 8.07. The van der Waals surface area contributed by atoms with Gasteiger partial charge in [0.15, 0.2) is 0 Å². The molecule has 0 aliphatic rings. The lowest BCUT2D eigenvalue weighted by Crippen LogP contribution is -2.20. The topological polar surface area (TPSA) is 0 Å². The van der Waals surface area contributed by atoms with E-state index in [1.807, 2.05) is 0 Å². The average molecular weight is 537 g/mol. The minimum atomic E-state index is -0.572. The van der Waals surface area contributed by atoms with Crippen LogP contribution >= 0.6 is 15.8 Å². The Morgan fingerprint density at radius 3 is 0.744 bits per heavy atom. The lowest BCUT2D eigenvalue weighted by Gasteiger charge is -2.20. The third-order valence-electron chi connectivity index (χ3n) is 6.85. The van der Waals surface area contributed by atoms with Crippen LogP contribution in [0, 0.1) is 0 Å². The van der Waals surface area contributed by atoms with Crippen molar-refractivity contribution in [3.8, 4) is 0 Å². The number of rotatable bonds is 8. The van der Waals surface area contributed by atoms with Crippen molar-refractivity contribution in [3.63, 3.8) is 0 Å². The van der Waals surface area contributed by atoms with Crippen LogP contribution in [-0.2, 0) is 6.42 Å². The van der Waals surface area contributed by atoms with E-state index in [0.717, 1.165) is 6.42 Å². The monoisotopic (exact) mass is 536 g/mol. The molecule has 0 bridgehead atoms. The molecule has 6 rings (SSSR count). The summed E-state index contributed by atoms with van der Waals surface area (Å²) >= 11 is 0. The van der Waals surface area contributed by atoms with Gasteiger partial charge in [-0.3, -0.25) is 0 Å². The number of hydrogen-bond donors (Lipinski definition) is 0. The van der Waals surface area contributed by atoms with E-state index < -0.39 is 15.8 Å². The fourth-order valence-corrected chi connectivity index (χ4v) is 9.53. The molecule has 0 aromatic heterocycles.